The molecule has 2 aromatic rings. The maximum atomic E-state index is 12.5. The Morgan fingerprint density at radius 1 is 1.31 bits per heavy atom. The van der Waals surface area contributed by atoms with Gasteiger partial charge in [-0.25, -0.2) is 0 Å². The third-order valence-corrected chi connectivity index (χ3v) is 6.20. The highest BCUT2D eigenvalue weighted by Gasteiger charge is 2.35. The van der Waals surface area contributed by atoms with Gasteiger partial charge in [0.1, 0.15) is 0 Å². The molecule has 26 heavy (non-hydrogen) atoms. The lowest BCUT2D eigenvalue weighted by molar-refractivity contribution is -0.122. The van der Waals surface area contributed by atoms with E-state index in [1.165, 1.54) is 16.9 Å². The van der Waals surface area contributed by atoms with E-state index in [-0.39, 0.29) is 24.2 Å². The maximum absolute atomic E-state index is 12.5. The molecule has 2 amide bonds. The van der Waals surface area contributed by atoms with Gasteiger partial charge in [-0.3, -0.25) is 9.59 Å². The molecule has 1 aromatic heterocycles. The molecular formula is C18H22N4O2S2. The molecule has 1 aliphatic heterocycles. The summed E-state index contributed by atoms with van der Waals surface area (Å²) >= 11 is 2.97. The van der Waals surface area contributed by atoms with E-state index < -0.39 is 0 Å². The number of hydrogen-bond acceptors (Lipinski definition) is 6. The van der Waals surface area contributed by atoms with Crippen LogP contribution >= 0.6 is 23.1 Å². The molecule has 138 valence electrons. The first-order valence-electron chi connectivity index (χ1n) is 8.52. The van der Waals surface area contributed by atoms with Gasteiger partial charge in [-0.05, 0) is 37.1 Å². The maximum Gasteiger partial charge on any atom is 0.231 e. The second-order valence-electron chi connectivity index (χ2n) is 6.70. The van der Waals surface area contributed by atoms with Crippen LogP contribution in [0.5, 0.6) is 0 Å². The SMILES string of the molecule is Cc1ccc(N2C[C@H](C(=O)Nc3nnc(SC(C)C)s3)CC2=O)cc1C. The van der Waals surface area contributed by atoms with E-state index >= 15 is 0 Å². The Morgan fingerprint density at radius 2 is 2.08 bits per heavy atom. The Kier molecular flexibility index (Phi) is 5.62. The van der Waals surface area contributed by atoms with Gasteiger partial charge in [0.15, 0.2) is 4.34 Å². The first-order chi connectivity index (χ1) is 12.3. The van der Waals surface area contributed by atoms with Gasteiger partial charge in [0.25, 0.3) is 0 Å². The lowest BCUT2D eigenvalue weighted by Gasteiger charge is -2.17. The molecular weight excluding hydrogens is 368 g/mol. The lowest BCUT2D eigenvalue weighted by Crippen LogP contribution is -2.28. The number of aryl methyl sites for hydroxylation is 2. The van der Waals surface area contributed by atoms with Crippen LogP contribution in [0.1, 0.15) is 31.4 Å². The van der Waals surface area contributed by atoms with Gasteiger partial charge in [0, 0.05) is 23.9 Å². The molecule has 1 aromatic carbocycles. The van der Waals surface area contributed by atoms with Crippen molar-refractivity contribution in [2.24, 2.45) is 5.92 Å². The van der Waals surface area contributed by atoms with Crippen molar-refractivity contribution in [2.45, 2.75) is 43.7 Å². The Balaban J connectivity index is 1.65. The van der Waals surface area contributed by atoms with Gasteiger partial charge in [-0.2, -0.15) is 0 Å². The van der Waals surface area contributed by atoms with Crippen LogP contribution in [0.2, 0.25) is 0 Å². The number of carbonyl (C=O) groups is 2. The van der Waals surface area contributed by atoms with Crippen molar-refractivity contribution in [2.75, 3.05) is 16.8 Å². The molecule has 1 aliphatic rings. The van der Waals surface area contributed by atoms with Crippen LogP contribution in [-0.2, 0) is 9.59 Å². The second-order valence-corrected chi connectivity index (χ2v) is 9.50. The molecule has 1 atom stereocenters. The number of thioether (sulfide) groups is 1. The van der Waals surface area contributed by atoms with Crippen LogP contribution in [-0.4, -0.2) is 33.8 Å². The number of nitrogens with one attached hydrogen (secondary N) is 1. The van der Waals surface area contributed by atoms with E-state index in [9.17, 15) is 9.59 Å². The zero-order valence-electron chi connectivity index (χ0n) is 15.3. The molecule has 8 heteroatoms. The summed E-state index contributed by atoms with van der Waals surface area (Å²) in [6.45, 7) is 8.60. The average Bonchev–Trinajstić information content (AvgIpc) is 3.16. The third kappa shape index (κ3) is 4.24. The fraction of sp³-hybridized carbons (Fsp3) is 0.444. The summed E-state index contributed by atoms with van der Waals surface area (Å²) in [7, 11) is 0. The highest BCUT2D eigenvalue weighted by molar-refractivity contribution is 8.01. The molecule has 2 heterocycles. The van der Waals surface area contributed by atoms with Gasteiger partial charge < -0.3 is 10.2 Å². The first kappa shape index (κ1) is 18.8. The molecule has 0 saturated carbocycles. The van der Waals surface area contributed by atoms with Crippen LogP contribution < -0.4 is 10.2 Å². The Hall–Kier alpha value is -1.93. The molecule has 1 N–H and O–H groups in total. The topological polar surface area (TPSA) is 75.2 Å². The summed E-state index contributed by atoms with van der Waals surface area (Å²) in [6, 6.07) is 5.93. The predicted molar refractivity (Wildman–Crippen MR) is 106 cm³/mol. The molecule has 6 nitrogen and oxygen atoms in total. The van der Waals surface area contributed by atoms with Crippen LogP contribution in [0.25, 0.3) is 0 Å². The van der Waals surface area contributed by atoms with Crippen molar-refractivity contribution in [3.05, 3.63) is 29.3 Å². The largest absolute Gasteiger partial charge is 0.312 e. The highest BCUT2D eigenvalue weighted by atomic mass is 32.2. The zero-order valence-corrected chi connectivity index (χ0v) is 16.9. The number of nitrogens with zero attached hydrogens (tertiary/aromatic N) is 3. The van der Waals surface area contributed by atoms with Gasteiger partial charge in [0.05, 0.1) is 5.92 Å². The number of amides is 2. The van der Waals surface area contributed by atoms with E-state index in [1.807, 2.05) is 32.0 Å². The zero-order chi connectivity index (χ0) is 18.8. The summed E-state index contributed by atoms with van der Waals surface area (Å²) in [6.07, 6.45) is 0.213. The molecule has 1 fully saturated rings. The van der Waals surface area contributed by atoms with Gasteiger partial charge in [0.2, 0.25) is 16.9 Å². The van der Waals surface area contributed by atoms with E-state index in [0.717, 1.165) is 15.6 Å². The number of carbonyl (C=O) groups excluding carboxylic acids is 2. The van der Waals surface area contributed by atoms with E-state index in [4.69, 9.17) is 0 Å². The second kappa shape index (κ2) is 7.75. The van der Waals surface area contributed by atoms with Gasteiger partial charge in [-0.1, -0.05) is 43.0 Å². The van der Waals surface area contributed by atoms with Crippen molar-refractivity contribution < 1.29 is 9.59 Å². The van der Waals surface area contributed by atoms with Crippen LogP contribution in [0, 0.1) is 19.8 Å². The van der Waals surface area contributed by atoms with Crippen molar-refractivity contribution in [3.63, 3.8) is 0 Å². The number of rotatable bonds is 5. The molecule has 0 spiro atoms. The van der Waals surface area contributed by atoms with E-state index in [1.54, 1.807) is 16.7 Å². The van der Waals surface area contributed by atoms with Crippen molar-refractivity contribution >= 4 is 45.7 Å². The third-order valence-electron chi connectivity index (χ3n) is 4.27. The van der Waals surface area contributed by atoms with Crippen molar-refractivity contribution in [1.29, 1.82) is 0 Å². The van der Waals surface area contributed by atoms with Crippen LogP contribution in [0.3, 0.4) is 0 Å². The minimum absolute atomic E-state index is 0.0262. The molecule has 0 unspecified atom stereocenters. The first-order valence-corrected chi connectivity index (χ1v) is 10.2. The number of hydrogen-bond donors (Lipinski definition) is 1. The Morgan fingerprint density at radius 3 is 2.77 bits per heavy atom. The van der Waals surface area contributed by atoms with Crippen LogP contribution in [0.4, 0.5) is 10.8 Å². The molecule has 3 rings (SSSR count). The molecule has 0 radical (unpaired) electrons. The lowest BCUT2D eigenvalue weighted by atomic mass is 10.1. The predicted octanol–water partition coefficient (Wildman–Crippen LogP) is 3.65. The van der Waals surface area contributed by atoms with E-state index in [2.05, 4.69) is 29.4 Å². The summed E-state index contributed by atoms with van der Waals surface area (Å²) in [5.74, 6) is -0.585. The monoisotopic (exact) mass is 390 g/mol. The summed E-state index contributed by atoms with van der Waals surface area (Å²) in [5.41, 5.74) is 3.16. The van der Waals surface area contributed by atoms with Gasteiger partial charge in [-0.15, -0.1) is 10.2 Å². The van der Waals surface area contributed by atoms with Crippen molar-refractivity contribution in [3.8, 4) is 0 Å². The number of aromatic nitrogens is 2. The molecule has 0 bridgehead atoms. The number of benzene rings is 1. The fourth-order valence-electron chi connectivity index (χ4n) is 2.74. The fourth-order valence-corrected chi connectivity index (χ4v) is 4.72. The standard InChI is InChI=1S/C18H22N4O2S2/c1-10(2)25-18-21-20-17(26-18)19-16(24)13-8-15(23)22(9-13)14-6-5-11(3)12(4)7-14/h5-7,10,13H,8-9H2,1-4H3,(H,19,20,24)/t13-/m1/s1. The highest BCUT2D eigenvalue weighted by Crippen LogP contribution is 2.30. The van der Waals surface area contributed by atoms with Crippen molar-refractivity contribution in [1.82, 2.24) is 10.2 Å². The minimum atomic E-state index is -0.380. The van der Waals surface area contributed by atoms with Gasteiger partial charge >= 0.3 is 0 Å². The van der Waals surface area contributed by atoms with Crippen LogP contribution in [0.15, 0.2) is 22.5 Å². The summed E-state index contributed by atoms with van der Waals surface area (Å²) < 4.78 is 0.828. The Bertz CT molecular complexity index is 834. The average molecular weight is 391 g/mol. The smallest absolute Gasteiger partial charge is 0.231 e. The normalized spacial score (nSPS) is 17.2. The quantitative estimate of drug-likeness (QED) is 0.623. The number of anilines is 2. The van der Waals surface area contributed by atoms with E-state index in [0.29, 0.717) is 16.9 Å². The molecule has 1 saturated heterocycles. The Labute approximate surface area is 161 Å². The molecule has 0 aliphatic carbocycles. The summed E-state index contributed by atoms with van der Waals surface area (Å²) in [5, 5.41) is 11.8. The minimum Gasteiger partial charge on any atom is -0.312 e. The summed E-state index contributed by atoms with van der Waals surface area (Å²) in [4.78, 5) is 26.6.